The first-order valence-electron chi connectivity index (χ1n) is 8.30. The van der Waals surface area contributed by atoms with E-state index in [2.05, 4.69) is 20.1 Å². The van der Waals surface area contributed by atoms with Crippen molar-refractivity contribution in [3.63, 3.8) is 0 Å². The van der Waals surface area contributed by atoms with Gasteiger partial charge in [-0.25, -0.2) is 0 Å². The summed E-state index contributed by atoms with van der Waals surface area (Å²) in [7, 11) is 0. The minimum absolute atomic E-state index is 0. The van der Waals surface area contributed by atoms with Crippen molar-refractivity contribution in [2.45, 2.75) is 26.3 Å². The SMILES string of the molecule is CC(C)NC(=O)CCN=C(N)N1CCN(c2ccc(Cl)cc2)CC1.I. The van der Waals surface area contributed by atoms with Gasteiger partial charge >= 0.3 is 0 Å². The molecule has 6 nitrogen and oxygen atoms in total. The van der Waals surface area contributed by atoms with E-state index in [4.69, 9.17) is 17.3 Å². The summed E-state index contributed by atoms with van der Waals surface area (Å²) in [5.74, 6) is 0.525. The largest absolute Gasteiger partial charge is 0.370 e. The van der Waals surface area contributed by atoms with Crippen LogP contribution in [0.4, 0.5) is 5.69 Å². The van der Waals surface area contributed by atoms with Crippen LogP contribution in [0.5, 0.6) is 0 Å². The predicted molar refractivity (Wildman–Crippen MR) is 115 cm³/mol. The summed E-state index contributed by atoms with van der Waals surface area (Å²) in [5, 5.41) is 3.59. The number of nitrogens with one attached hydrogen (secondary N) is 1. The van der Waals surface area contributed by atoms with Crippen LogP contribution in [0.2, 0.25) is 5.02 Å². The second-order valence-electron chi connectivity index (χ2n) is 6.16. The first-order valence-corrected chi connectivity index (χ1v) is 8.68. The van der Waals surface area contributed by atoms with Crippen LogP contribution in [0.15, 0.2) is 29.3 Å². The lowest BCUT2D eigenvalue weighted by molar-refractivity contribution is -0.121. The number of benzene rings is 1. The molecule has 0 unspecified atom stereocenters. The highest BCUT2D eigenvalue weighted by molar-refractivity contribution is 14.0. The molecule has 1 aliphatic heterocycles. The van der Waals surface area contributed by atoms with Gasteiger partial charge in [-0.3, -0.25) is 9.79 Å². The average Bonchev–Trinajstić information content (AvgIpc) is 2.55. The molecule has 1 heterocycles. The number of halogens is 2. The van der Waals surface area contributed by atoms with E-state index in [-0.39, 0.29) is 35.9 Å². The molecule has 25 heavy (non-hydrogen) atoms. The van der Waals surface area contributed by atoms with Crippen molar-refractivity contribution in [1.29, 1.82) is 0 Å². The van der Waals surface area contributed by atoms with Crippen LogP contribution in [0.25, 0.3) is 0 Å². The number of anilines is 1. The summed E-state index contributed by atoms with van der Waals surface area (Å²) in [6.07, 6.45) is 0.365. The monoisotopic (exact) mass is 479 g/mol. The Labute approximate surface area is 171 Å². The zero-order chi connectivity index (χ0) is 17.5. The highest BCUT2D eigenvalue weighted by Gasteiger charge is 2.18. The summed E-state index contributed by atoms with van der Waals surface area (Å²) < 4.78 is 0. The van der Waals surface area contributed by atoms with E-state index in [9.17, 15) is 4.79 Å². The molecule has 0 radical (unpaired) electrons. The number of rotatable bonds is 5. The molecule has 1 saturated heterocycles. The van der Waals surface area contributed by atoms with Gasteiger partial charge in [-0.05, 0) is 38.1 Å². The van der Waals surface area contributed by atoms with Crippen LogP contribution >= 0.6 is 35.6 Å². The second kappa shape index (κ2) is 10.7. The summed E-state index contributed by atoms with van der Waals surface area (Å²) >= 11 is 5.93. The Morgan fingerprint density at radius 2 is 1.84 bits per heavy atom. The highest BCUT2D eigenvalue weighted by Crippen LogP contribution is 2.19. The van der Waals surface area contributed by atoms with Crippen LogP contribution in [-0.2, 0) is 4.79 Å². The molecule has 1 aliphatic rings. The number of piperazine rings is 1. The number of guanidine groups is 1. The zero-order valence-electron chi connectivity index (χ0n) is 14.7. The molecule has 1 fully saturated rings. The van der Waals surface area contributed by atoms with E-state index in [1.54, 1.807) is 0 Å². The quantitative estimate of drug-likeness (QED) is 0.386. The maximum atomic E-state index is 11.6. The van der Waals surface area contributed by atoms with Gasteiger partial charge in [0.25, 0.3) is 0 Å². The molecule has 1 aromatic rings. The Morgan fingerprint density at radius 1 is 1.24 bits per heavy atom. The van der Waals surface area contributed by atoms with Gasteiger partial charge in [0.2, 0.25) is 5.91 Å². The van der Waals surface area contributed by atoms with E-state index in [0.29, 0.717) is 18.9 Å². The topological polar surface area (TPSA) is 74.0 Å². The molecule has 0 aromatic heterocycles. The smallest absolute Gasteiger partial charge is 0.222 e. The van der Waals surface area contributed by atoms with Crippen molar-refractivity contribution >= 4 is 53.1 Å². The van der Waals surface area contributed by atoms with Crippen molar-refractivity contribution in [2.75, 3.05) is 37.6 Å². The van der Waals surface area contributed by atoms with Gasteiger partial charge in [0.05, 0.1) is 6.54 Å². The molecule has 0 bridgehead atoms. The van der Waals surface area contributed by atoms with Gasteiger partial charge < -0.3 is 20.9 Å². The van der Waals surface area contributed by atoms with Crippen LogP contribution in [0, 0.1) is 0 Å². The zero-order valence-corrected chi connectivity index (χ0v) is 17.8. The second-order valence-corrected chi connectivity index (χ2v) is 6.60. The van der Waals surface area contributed by atoms with Gasteiger partial charge in [0.1, 0.15) is 0 Å². The Hall–Kier alpha value is -1.22. The van der Waals surface area contributed by atoms with E-state index < -0.39 is 0 Å². The summed E-state index contributed by atoms with van der Waals surface area (Å²) in [6.45, 7) is 7.69. The summed E-state index contributed by atoms with van der Waals surface area (Å²) in [5.41, 5.74) is 7.21. The number of nitrogens with two attached hydrogens (primary N) is 1. The standard InChI is InChI=1S/C17H26ClN5O.HI/c1-13(2)21-16(24)7-8-20-17(19)23-11-9-22(10-12-23)15-5-3-14(18)4-6-15;/h3-6,13H,7-12H2,1-2H3,(H2,19,20)(H,21,24);1H. The Balaban J connectivity index is 0.00000312. The number of amides is 1. The fraction of sp³-hybridized carbons (Fsp3) is 0.529. The Bertz CT molecular complexity index is 571. The fourth-order valence-electron chi connectivity index (χ4n) is 2.61. The molecule has 1 amide bonds. The lowest BCUT2D eigenvalue weighted by Gasteiger charge is -2.36. The molecule has 8 heteroatoms. The highest BCUT2D eigenvalue weighted by atomic mass is 127. The first-order chi connectivity index (χ1) is 11.5. The van der Waals surface area contributed by atoms with Gasteiger partial charge in [-0.2, -0.15) is 0 Å². The molecule has 0 aliphatic carbocycles. The molecule has 0 atom stereocenters. The normalized spacial score (nSPS) is 15.1. The molecular weight excluding hydrogens is 453 g/mol. The summed E-state index contributed by atoms with van der Waals surface area (Å²) in [6, 6.07) is 8.02. The van der Waals surface area contributed by atoms with Gasteiger partial charge in [-0.15, -0.1) is 24.0 Å². The number of carbonyl (C=O) groups excluding carboxylic acids is 1. The molecule has 3 N–H and O–H groups in total. The fourth-order valence-corrected chi connectivity index (χ4v) is 2.74. The van der Waals surface area contributed by atoms with E-state index in [1.807, 2.05) is 38.1 Å². The van der Waals surface area contributed by atoms with Crippen LogP contribution in [0.1, 0.15) is 20.3 Å². The third kappa shape index (κ3) is 7.27. The van der Waals surface area contributed by atoms with Crippen molar-refractivity contribution in [3.8, 4) is 0 Å². The van der Waals surface area contributed by atoms with Gasteiger partial charge in [-0.1, -0.05) is 11.6 Å². The number of hydrogen-bond donors (Lipinski definition) is 2. The lowest BCUT2D eigenvalue weighted by atomic mass is 10.2. The molecular formula is C17H27ClIN5O. The van der Waals surface area contributed by atoms with Crippen LogP contribution in [-0.4, -0.2) is 55.5 Å². The van der Waals surface area contributed by atoms with E-state index in [0.717, 1.165) is 31.2 Å². The molecule has 2 rings (SSSR count). The van der Waals surface area contributed by atoms with Crippen molar-refractivity contribution < 1.29 is 4.79 Å². The minimum Gasteiger partial charge on any atom is -0.370 e. The van der Waals surface area contributed by atoms with Crippen molar-refractivity contribution in [3.05, 3.63) is 29.3 Å². The maximum absolute atomic E-state index is 11.6. The number of hydrogen-bond acceptors (Lipinski definition) is 3. The number of carbonyl (C=O) groups is 1. The minimum atomic E-state index is 0. The number of aliphatic imine (C=N–C) groups is 1. The predicted octanol–water partition coefficient (Wildman–Crippen LogP) is 2.31. The molecule has 0 saturated carbocycles. The van der Waals surface area contributed by atoms with Crippen LogP contribution < -0.4 is 16.0 Å². The number of nitrogens with zero attached hydrogens (tertiary/aromatic N) is 3. The lowest BCUT2D eigenvalue weighted by Crippen LogP contribution is -2.51. The van der Waals surface area contributed by atoms with Gasteiger partial charge in [0, 0.05) is 49.4 Å². The summed E-state index contributed by atoms with van der Waals surface area (Å²) in [4.78, 5) is 20.3. The third-order valence-electron chi connectivity index (χ3n) is 3.86. The third-order valence-corrected chi connectivity index (χ3v) is 4.11. The molecule has 0 spiro atoms. The van der Waals surface area contributed by atoms with Crippen molar-refractivity contribution in [1.82, 2.24) is 10.2 Å². The van der Waals surface area contributed by atoms with Crippen LogP contribution in [0.3, 0.4) is 0 Å². The molecule has 140 valence electrons. The average molecular weight is 480 g/mol. The first kappa shape index (κ1) is 21.8. The molecule has 1 aromatic carbocycles. The Kier molecular flexibility index (Phi) is 9.34. The van der Waals surface area contributed by atoms with Gasteiger partial charge in [0.15, 0.2) is 5.96 Å². The maximum Gasteiger partial charge on any atom is 0.222 e. The van der Waals surface area contributed by atoms with Crippen molar-refractivity contribution in [2.24, 2.45) is 10.7 Å². The van der Waals surface area contributed by atoms with E-state index in [1.165, 1.54) is 5.69 Å². The van der Waals surface area contributed by atoms with E-state index >= 15 is 0 Å². The Morgan fingerprint density at radius 3 is 2.40 bits per heavy atom.